The van der Waals surface area contributed by atoms with Crippen LogP contribution in [0.1, 0.15) is 32.7 Å². The molecule has 4 nitrogen and oxygen atoms in total. The van der Waals surface area contributed by atoms with Crippen molar-refractivity contribution >= 4 is 23.2 Å². The number of benzene rings is 2. The zero-order valence-electron chi connectivity index (χ0n) is 14.5. The van der Waals surface area contributed by atoms with E-state index in [9.17, 15) is 4.79 Å². The Labute approximate surface area is 152 Å². The monoisotopic (exact) mass is 353 g/mol. The van der Waals surface area contributed by atoms with Gasteiger partial charge in [0.2, 0.25) is 0 Å². The van der Waals surface area contributed by atoms with Crippen LogP contribution >= 0.6 is 11.6 Å². The number of amides is 1. The lowest BCUT2D eigenvalue weighted by Gasteiger charge is -2.06. The summed E-state index contributed by atoms with van der Waals surface area (Å²) >= 11 is 6.44. The predicted molar refractivity (Wildman–Crippen MR) is 101 cm³/mol. The Balaban J connectivity index is 1.82. The molecule has 5 heteroatoms. The maximum absolute atomic E-state index is 12.6. The van der Waals surface area contributed by atoms with Gasteiger partial charge < -0.3 is 5.32 Å². The van der Waals surface area contributed by atoms with Gasteiger partial charge in [0.15, 0.2) is 0 Å². The van der Waals surface area contributed by atoms with Crippen molar-refractivity contribution in [2.75, 3.05) is 5.32 Å². The van der Waals surface area contributed by atoms with Crippen LogP contribution in [0.5, 0.6) is 0 Å². The number of hydrogen-bond acceptors (Lipinski definition) is 2. The van der Waals surface area contributed by atoms with Crippen LogP contribution in [-0.2, 0) is 6.54 Å². The van der Waals surface area contributed by atoms with Crippen molar-refractivity contribution < 1.29 is 4.79 Å². The van der Waals surface area contributed by atoms with Gasteiger partial charge in [-0.05, 0) is 38.5 Å². The van der Waals surface area contributed by atoms with Crippen LogP contribution in [0.15, 0.2) is 48.5 Å². The van der Waals surface area contributed by atoms with Gasteiger partial charge in [0.05, 0.1) is 17.8 Å². The molecule has 25 heavy (non-hydrogen) atoms. The molecule has 0 radical (unpaired) electrons. The maximum atomic E-state index is 12.6. The third-order valence-electron chi connectivity index (χ3n) is 4.05. The Kier molecular flexibility index (Phi) is 4.91. The summed E-state index contributed by atoms with van der Waals surface area (Å²) < 4.78 is 1.66. The Hall–Kier alpha value is -2.59. The Morgan fingerprint density at radius 1 is 1.00 bits per heavy atom. The third-order valence-corrected chi connectivity index (χ3v) is 4.44. The first-order valence-corrected chi connectivity index (χ1v) is 8.48. The molecular formula is C20H20ClN3O. The second kappa shape index (κ2) is 7.11. The van der Waals surface area contributed by atoms with Crippen LogP contribution in [0, 0.1) is 20.8 Å². The summed E-state index contributed by atoms with van der Waals surface area (Å²) in [5, 5.41) is 7.65. The molecule has 128 valence electrons. The minimum Gasteiger partial charge on any atom is -0.322 e. The number of rotatable bonds is 4. The Morgan fingerprint density at radius 2 is 1.56 bits per heavy atom. The number of carbonyl (C=O) groups is 1. The molecule has 3 aromatic rings. The molecule has 0 saturated heterocycles. The molecule has 0 aliphatic heterocycles. The zero-order valence-corrected chi connectivity index (χ0v) is 15.3. The molecule has 3 rings (SSSR count). The van der Waals surface area contributed by atoms with Gasteiger partial charge in [0.1, 0.15) is 5.15 Å². The van der Waals surface area contributed by atoms with E-state index in [1.54, 1.807) is 11.6 Å². The van der Waals surface area contributed by atoms with Gasteiger partial charge in [-0.25, -0.2) is 4.68 Å². The third kappa shape index (κ3) is 3.91. The van der Waals surface area contributed by atoms with Crippen LogP contribution in [0.4, 0.5) is 5.69 Å². The molecule has 0 saturated carbocycles. The Bertz CT molecular complexity index is 896. The van der Waals surface area contributed by atoms with E-state index in [0.717, 1.165) is 16.8 Å². The molecule has 0 fully saturated rings. The summed E-state index contributed by atoms with van der Waals surface area (Å²) in [5.74, 6) is -0.249. The van der Waals surface area contributed by atoms with Crippen LogP contribution in [0.3, 0.4) is 0 Å². The first kappa shape index (κ1) is 17.2. The van der Waals surface area contributed by atoms with Crippen LogP contribution in [-0.4, -0.2) is 15.7 Å². The lowest BCUT2D eigenvalue weighted by molar-refractivity contribution is 0.102. The van der Waals surface area contributed by atoms with Crippen molar-refractivity contribution in [3.8, 4) is 0 Å². The van der Waals surface area contributed by atoms with Crippen LogP contribution < -0.4 is 5.32 Å². The number of halogens is 1. The fraction of sp³-hybridized carbons (Fsp3) is 0.200. The highest BCUT2D eigenvalue weighted by molar-refractivity contribution is 6.33. The van der Waals surface area contributed by atoms with Crippen molar-refractivity contribution in [2.45, 2.75) is 27.3 Å². The van der Waals surface area contributed by atoms with E-state index in [4.69, 9.17) is 11.6 Å². The van der Waals surface area contributed by atoms with Gasteiger partial charge >= 0.3 is 0 Å². The van der Waals surface area contributed by atoms with E-state index >= 15 is 0 Å². The molecule has 1 aromatic heterocycles. The first-order chi connectivity index (χ1) is 11.9. The number of anilines is 1. The maximum Gasteiger partial charge on any atom is 0.260 e. The molecule has 0 aliphatic carbocycles. The van der Waals surface area contributed by atoms with Crippen molar-refractivity contribution in [1.29, 1.82) is 0 Å². The smallest absolute Gasteiger partial charge is 0.260 e. The molecule has 0 aliphatic rings. The number of nitrogens with zero attached hydrogens (tertiary/aromatic N) is 2. The largest absolute Gasteiger partial charge is 0.322 e. The highest BCUT2D eigenvalue weighted by Crippen LogP contribution is 2.22. The summed E-state index contributed by atoms with van der Waals surface area (Å²) in [6, 6.07) is 15.8. The SMILES string of the molecule is Cc1ccc(Cn2nc(C)c(C(=O)Nc3ccc(C)cc3)c2Cl)cc1. The highest BCUT2D eigenvalue weighted by Gasteiger charge is 2.20. The molecule has 1 N–H and O–H groups in total. The van der Waals surface area contributed by atoms with E-state index in [-0.39, 0.29) is 5.91 Å². The standard InChI is InChI=1S/C20H20ClN3O/c1-13-4-8-16(9-5-13)12-24-19(21)18(15(3)23-24)20(25)22-17-10-6-14(2)7-11-17/h4-11H,12H2,1-3H3,(H,22,25). The summed E-state index contributed by atoms with van der Waals surface area (Å²) in [4.78, 5) is 12.6. The number of aryl methyl sites for hydroxylation is 3. The topological polar surface area (TPSA) is 46.9 Å². The molecule has 1 heterocycles. The molecule has 0 unspecified atom stereocenters. The van der Waals surface area contributed by atoms with E-state index in [1.165, 1.54) is 5.56 Å². The van der Waals surface area contributed by atoms with Crippen molar-refractivity contribution in [3.63, 3.8) is 0 Å². The summed E-state index contributed by atoms with van der Waals surface area (Å²) in [6.07, 6.45) is 0. The molecule has 0 bridgehead atoms. The normalized spacial score (nSPS) is 10.7. The van der Waals surface area contributed by atoms with Crippen LogP contribution in [0.2, 0.25) is 5.15 Å². The quantitative estimate of drug-likeness (QED) is 0.734. The minimum absolute atomic E-state index is 0.249. The number of hydrogen-bond donors (Lipinski definition) is 1. The second-order valence-corrected chi connectivity index (χ2v) is 6.57. The predicted octanol–water partition coefficient (Wildman–Crippen LogP) is 4.76. The second-order valence-electron chi connectivity index (χ2n) is 6.21. The van der Waals surface area contributed by atoms with Crippen molar-refractivity contribution in [3.05, 3.63) is 81.6 Å². The highest BCUT2D eigenvalue weighted by atomic mass is 35.5. The molecule has 0 spiro atoms. The van der Waals surface area contributed by atoms with Gasteiger partial charge in [0.25, 0.3) is 5.91 Å². The van der Waals surface area contributed by atoms with E-state index < -0.39 is 0 Å². The molecular weight excluding hydrogens is 334 g/mol. The zero-order chi connectivity index (χ0) is 18.0. The van der Waals surface area contributed by atoms with Crippen molar-refractivity contribution in [2.24, 2.45) is 0 Å². The fourth-order valence-corrected chi connectivity index (χ4v) is 2.93. The van der Waals surface area contributed by atoms with Gasteiger partial charge in [0, 0.05) is 5.69 Å². The summed E-state index contributed by atoms with van der Waals surface area (Å²) in [5.41, 5.74) is 5.18. The van der Waals surface area contributed by atoms with Crippen LogP contribution in [0.25, 0.3) is 0 Å². The minimum atomic E-state index is -0.249. The van der Waals surface area contributed by atoms with Gasteiger partial charge in [-0.15, -0.1) is 0 Å². The lowest BCUT2D eigenvalue weighted by Crippen LogP contribution is -2.13. The average Bonchev–Trinajstić information content (AvgIpc) is 2.85. The lowest BCUT2D eigenvalue weighted by atomic mass is 10.1. The molecule has 0 atom stereocenters. The number of aromatic nitrogens is 2. The van der Waals surface area contributed by atoms with E-state index in [2.05, 4.69) is 10.4 Å². The summed E-state index contributed by atoms with van der Waals surface area (Å²) in [7, 11) is 0. The van der Waals surface area contributed by atoms with Gasteiger partial charge in [-0.2, -0.15) is 5.10 Å². The average molecular weight is 354 g/mol. The first-order valence-electron chi connectivity index (χ1n) is 8.10. The van der Waals surface area contributed by atoms with Gasteiger partial charge in [-0.3, -0.25) is 4.79 Å². The molecule has 1 amide bonds. The van der Waals surface area contributed by atoms with Gasteiger partial charge in [-0.1, -0.05) is 59.1 Å². The number of carbonyl (C=O) groups excluding carboxylic acids is 1. The molecule has 2 aromatic carbocycles. The Morgan fingerprint density at radius 3 is 2.16 bits per heavy atom. The van der Waals surface area contributed by atoms with Crippen molar-refractivity contribution in [1.82, 2.24) is 9.78 Å². The number of nitrogens with one attached hydrogen (secondary N) is 1. The summed E-state index contributed by atoms with van der Waals surface area (Å²) in [6.45, 7) is 6.36. The fourth-order valence-electron chi connectivity index (χ4n) is 2.61. The van der Waals surface area contributed by atoms with E-state index in [1.807, 2.05) is 62.4 Å². The van der Waals surface area contributed by atoms with E-state index in [0.29, 0.717) is 23.0 Å².